The number of amides is 1. The molecule has 3 nitrogen and oxygen atoms in total. The Labute approximate surface area is 151 Å². The van der Waals surface area contributed by atoms with Crippen molar-refractivity contribution in [3.8, 4) is 5.75 Å². The van der Waals surface area contributed by atoms with Gasteiger partial charge in [-0.3, -0.25) is 4.79 Å². The van der Waals surface area contributed by atoms with Gasteiger partial charge in [0.15, 0.2) is 0 Å². The molecule has 0 bridgehead atoms. The number of carbonyl (C=O) groups is 1. The van der Waals surface area contributed by atoms with Crippen LogP contribution in [0.25, 0.3) is 0 Å². The summed E-state index contributed by atoms with van der Waals surface area (Å²) in [6, 6.07) is 16.1. The zero-order chi connectivity index (χ0) is 16.9. The molecular weight excluding hydrogens is 366 g/mol. The van der Waals surface area contributed by atoms with E-state index in [1.54, 1.807) is 7.11 Å². The Morgan fingerprint density at radius 2 is 1.96 bits per heavy atom. The van der Waals surface area contributed by atoms with Gasteiger partial charge >= 0.3 is 0 Å². The van der Waals surface area contributed by atoms with Gasteiger partial charge in [0.1, 0.15) is 5.75 Å². The number of ether oxygens (including phenoxy) is 1. The molecule has 2 aromatic rings. The first-order valence-electron chi connectivity index (χ1n) is 8.37. The predicted molar refractivity (Wildman–Crippen MR) is 99.6 cm³/mol. The third-order valence-electron chi connectivity index (χ3n) is 4.63. The number of nitrogens with zero attached hydrogens (tertiary/aromatic N) is 1. The van der Waals surface area contributed by atoms with E-state index in [0.29, 0.717) is 17.2 Å². The van der Waals surface area contributed by atoms with Gasteiger partial charge < -0.3 is 9.64 Å². The monoisotopic (exact) mass is 387 g/mol. The molecule has 3 rings (SSSR count). The van der Waals surface area contributed by atoms with Gasteiger partial charge in [-0.25, -0.2) is 0 Å². The minimum Gasteiger partial charge on any atom is -0.497 e. The molecule has 1 heterocycles. The Morgan fingerprint density at radius 1 is 1.17 bits per heavy atom. The molecule has 0 spiro atoms. The van der Waals surface area contributed by atoms with E-state index in [1.165, 1.54) is 5.56 Å². The fraction of sp³-hybridized carbons (Fsp3) is 0.350. The maximum atomic E-state index is 13.1. The van der Waals surface area contributed by atoms with Crippen molar-refractivity contribution in [1.29, 1.82) is 0 Å². The lowest BCUT2D eigenvalue weighted by Gasteiger charge is -2.25. The summed E-state index contributed by atoms with van der Waals surface area (Å²) >= 11 is 3.50. The van der Waals surface area contributed by atoms with Crippen LogP contribution in [-0.4, -0.2) is 31.0 Å². The van der Waals surface area contributed by atoms with E-state index in [4.69, 9.17) is 4.74 Å². The lowest BCUT2D eigenvalue weighted by molar-refractivity contribution is 0.0753. The summed E-state index contributed by atoms with van der Waals surface area (Å²) in [5.41, 5.74) is 1.99. The van der Waals surface area contributed by atoms with Gasteiger partial charge in [0, 0.05) is 23.5 Å². The number of benzene rings is 2. The molecule has 1 aliphatic heterocycles. The number of rotatable bonds is 3. The molecule has 24 heavy (non-hydrogen) atoms. The van der Waals surface area contributed by atoms with Crippen molar-refractivity contribution < 1.29 is 9.53 Å². The molecule has 4 heteroatoms. The number of hydrogen-bond donors (Lipinski definition) is 0. The predicted octanol–water partition coefficient (Wildman–Crippen LogP) is 4.87. The summed E-state index contributed by atoms with van der Waals surface area (Å²) in [6.45, 7) is 1.58. The number of halogens is 1. The van der Waals surface area contributed by atoms with Gasteiger partial charge in [0.25, 0.3) is 5.91 Å². The first-order valence-corrected chi connectivity index (χ1v) is 9.16. The van der Waals surface area contributed by atoms with Crippen LogP contribution in [0, 0.1) is 0 Å². The first kappa shape index (κ1) is 17.0. The van der Waals surface area contributed by atoms with Crippen LogP contribution in [0.15, 0.2) is 53.0 Å². The molecule has 0 saturated carbocycles. The summed E-state index contributed by atoms with van der Waals surface area (Å²) in [4.78, 5) is 15.0. The second-order valence-corrected chi connectivity index (χ2v) is 7.05. The molecular formula is C20H22BrNO2. The van der Waals surface area contributed by atoms with Crippen molar-refractivity contribution >= 4 is 21.8 Å². The molecule has 1 fully saturated rings. The highest BCUT2D eigenvalue weighted by Gasteiger charge is 2.25. The summed E-state index contributed by atoms with van der Waals surface area (Å²) < 4.78 is 6.08. The largest absolute Gasteiger partial charge is 0.497 e. The Hall–Kier alpha value is -1.81. The molecule has 0 aromatic heterocycles. The summed E-state index contributed by atoms with van der Waals surface area (Å²) in [5.74, 6) is 1.18. The lowest BCUT2D eigenvalue weighted by atomic mass is 9.94. The molecule has 1 amide bonds. The van der Waals surface area contributed by atoms with Crippen molar-refractivity contribution in [2.75, 3.05) is 20.2 Å². The van der Waals surface area contributed by atoms with Crippen LogP contribution < -0.4 is 4.74 Å². The summed E-state index contributed by atoms with van der Waals surface area (Å²) in [5, 5.41) is 0. The number of carbonyl (C=O) groups excluding carboxylic acids is 1. The Bertz CT molecular complexity index is 702. The highest BCUT2D eigenvalue weighted by atomic mass is 79.9. The molecule has 1 aliphatic rings. The second-order valence-electron chi connectivity index (χ2n) is 6.20. The zero-order valence-corrected chi connectivity index (χ0v) is 15.5. The van der Waals surface area contributed by atoms with Gasteiger partial charge in [-0.1, -0.05) is 36.8 Å². The fourth-order valence-corrected chi connectivity index (χ4v) is 3.71. The van der Waals surface area contributed by atoms with Crippen molar-refractivity contribution in [2.45, 2.75) is 25.2 Å². The average molecular weight is 388 g/mol. The molecule has 0 N–H and O–H groups in total. The van der Waals surface area contributed by atoms with Crippen LogP contribution >= 0.6 is 15.9 Å². The van der Waals surface area contributed by atoms with Gasteiger partial charge in [0.05, 0.1) is 12.7 Å². The van der Waals surface area contributed by atoms with E-state index < -0.39 is 0 Å². The van der Waals surface area contributed by atoms with E-state index in [2.05, 4.69) is 40.2 Å². The van der Waals surface area contributed by atoms with Crippen molar-refractivity contribution in [2.24, 2.45) is 0 Å². The van der Waals surface area contributed by atoms with Gasteiger partial charge in [-0.2, -0.15) is 0 Å². The van der Waals surface area contributed by atoms with Crippen LogP contribution in [0.4, 0.5) is 0 Å². The molecule has 1 saturated heterocycles. The minimum atomic E-state index is 0.0728. The highest BCUT2D eigenvalue weighted by Crippen LogP contribution is 2.29. The van der Waals surface area contributed by atoms with Crippen LogP contribution in [0.3, 0.4) is 0 Å². The summed E-state index contributed by atoms with van der Waals surface area (Å²) in [6.07, 6.45) is 3.34. The second kappa shape index (κ2) is 7.84. The van der Waals surface area contributed by atoms with Crippen molar-refractivity contribution in [1.82, 2.24) is 4.90 Å². The number of likely N-dealkylation sites (tertiary alicyclic amines) is 1. The van der Waals surface area contributed by atoms with E-state index in [9.17, 15) is 4.79 Å². The third-order valence-corrected chi connectivity index (χ3v) is 5.33. The topological polar surface area (TPSA) is 29.5 Å². The van der Waals surface area contributed by atoms with E-state index in [-0.39, 0.29) is 5.91 Å². The maximum absolute atomic E-state index is 13.1. The number of hydrogen-bond acceptors (Lipinski definition) is 2. The number of methoxy groups -OCH3 is 1. The summed E-state index contributed by atoms with van der Waals surface area (Å²) in [7, 11) is 1.62. The first-order chi connectivity index (χ1) is 11.7. The molecule has 0 radical (unpaired) electrons. The molecule has 1 atom stereocenters. The van der Waals surface area contributed by atoms with Crippen molar-refractivity contribution in [3.05, 3.63) is 64.1 Å². The van der Waals surface area contributed by atoms with E-state index in [0.717, 1.165) is 36.8 Å². The van der Waals surface area contributed by atoms with Crippen LogP contribution in [0.1, 0.15) is 41.1 Å². The van der Waals surface area contributed by atoms with Crippen LogP contribution in [0.5, 0.6) is 5.75 Å². The SMILES string of the molecule is COc1ccc(Br)c(C(=O)N2CCCCC(c3ccccc3)C2)c1. The Morgan fingerprint density at radius 3 is 2.71 bits per heavy atom. The third kappa shape index (κ3) is 3.81. The normalized spacial score (nSPS) is 18.1. The molecule has 0 aliphatic carbocycles. The standard InChI is InChI=1S/C20H22BrNO2/c1-24-17-10-11-19(21)18(13-17)20(23)22-12-6-5-9-16(14-22)15-7-3-2-4-8-15/h2-4,7-8,10-11,13,16H,5-6,9,12,14H2,1H3. The molecule has 1 unspecified atom stereocenters. The average Bonchev–Trinajstić information content (AvgIpc) is 2.88. The zero-order valence-electron chi connectivity index (χ0n) is 13.9. The van der Waals surface area contributed by atoms with E-state index in [1.807, 2.05) is 29.2 Å². The minimum absolute atomic E-state index is 0.0728. The highest BCUT2D eigenvalue weighted by molar-refractivity contribution is 9.10. The van der Waals surface area contributed by atoms with Crippen molar-refractivity contribution in [3.63, 3.8) is 0 Å². The van der Waals surface area contributed by atoms with Crippen LogP contribution in [0.2, 0.25) is 0 Å². The molecule has 126 valence electrons. The maximum Gasteiger partial charge on any atom is 0.255 e. The van der Waals surface area contributed by atoms with Gasteiger partial charge in [-0.05, 0) is 52.5 Å². The van der Waals surface area contributed by atoms with E-state index >= 15 is 0 Å². The van der Waals surface area contributed by atoms with Gasteiger partial charge in [-0.15, -0.1) is 0 Å². The fourth-order valence-electron chi connectivity index (χ4n) is 3.29. The smallest absolute Gasteiger partial charge is 0.255 e. The quantitative estimate of drug-likeness (QED) is 0.751. The van der Waals surface area contributed by atoms with Gasteiger partial charge in [0.2, 0.25) is 0 Å². The Kier molecular flexibility index (Phi) is 5.56. The Balaban J connectivity index is 1.83. The lowest BCUT2D eigenvalue weighted by Crippen LogP contribution is -2.34. The van der Waals surface area contributed by atoms with Crippen LogP contribution in [-0.2, 0) is 0 Å². The molecule has 2 aromatic carbocycles.